The van der Waals surface area contributed by atoms with Crippen LogP contribution in [0, 0.1) is 0 Å². The van der Waals surface area contributed by atoms with Gasteiger partial charge in [0.25, 0.3) is 0 Å². The van der Waals surface area contributed by atoms with Crippen LogP contribution in [0.25, 0.3) is 0 Å². The number of benzene rings is 1. The highest BCUT2D eigenvalue weighted by Gasteiger charge is 2.12. The molecule has 3 nitrogen and oxygen atoms in total. The van der Waals surface area contributed by atoms with E-state index in [1.54, 1.807) is 6.26 Å². The second kappa shape index (κ2) is 4.63. The highest BCUT2D eigenvalue weighted by Crippen LogP contribution is 2.26. The average molecular weight is 228 g/mol. The Morgan fingerprint density at radius 3 is 3.06 bits per heavy atom. The Balaban J connectivity index is 1.64. The quantitative estimate of drug-likeness (QED) is 0.844. The first-order chi connectivity index (χ1) is 8.43. The van der Waals surface area contributed by atoms with Gasteiger partial charge in [0.2, 0.25) is 0 Å². The van der Waals surface area contributed by atoms with Crippen LogP contribution in [0.4, 0.5) is 5.69 Å². The van der Waals surface area contributed by atoms with E-state index in [0.717, 1.165) is 31.8 Å². The van der Waals surface area contributed by atoms with E-state index >= 15 is 0 Å². The maximum atomic E-state index is 5.29. The molecule has 3 heteroatoms. The van der Waals surface area contributed by atoms with E-state index < -0.39 is 0 Å². The zero-order chi connectivity index (χ0) is 11.5. The standard InChI is InChI=1S/C14H16N2O/c1-3-11-6-7-16-14(11)12(4-1)9-15-10-13-5-2-8-17-13/h1-5,8,15-16H,6-7,9-10H2. The SMILES string of the molecule is c1coc(CNCc2cccc3c2NCC3)c1. The Labute approximate surface area is 101 Å². The van der Waals surface area contributed by atoms with Gasteiger partial charge in [0.1, 0.15) is 5.76 Å². The van der Waals surface area contributed by atoms with Crippen LogP contribution in [0.1, 0.15) is 16.9 Å². The van der Waals surface area contributed by atoms with E-state index in [1.165, 1.54) is 16.8 Å². The Morgan fingerprint density at radius 1 is 1.18 bits per heavy atom. The van der Waals surface area contributed by atoms with Crippen molar-refractivity contribution in [1.29, 1.82) is 0 Å². The molecule has 0 aliphatic carbocycles. The maximum Gasteiger partial charge on any atom is 0.117 e. The first-order valence-electron chi connectivity index (χ1n) is 6.01. The number of furan rings is 1. The molecule has 1 aliphatic rings. The van der Waals surface area contributed by atoms with Crippen LogP contribution >= 0.6 is 0 Å². The van der Waals surface area contributed by atoms with E-state index in [9.17, 15) is 0 Å². The Hall–Kier alpha value is -1.74. The van der Waals surface area contributed by atoms with Crippen LogP contribution in [0.5, 0.6) is 0 Å². The van der Waals surface area contributed by atoms with Crippen LogP contribution in [0.2, 0.25) is 0 Å². The largest absolute Gasteiger partial charge is 0.468 e. The molecule has 0 radical (unpaired) electrons. The highest BCUT2D eigenvalue weighted by atomic mass is 16.3. The summed E-state index contributed by atoms with van der Waals surface area (Å²) >= 11 is 0. The number of fused-ring (bicyclic) bond motifs is 1. The minimum atomic E-state index is 0.774. The van der Waals surface area contributed by atoms with Crippen LogP contribution in [0.3, 0.4) is 0 Å². The monoisotopic (exact) mass is 228 g/mol. The van der Waals surface area contributed by atoms with Crippen molar-refractivity contribution in [3.63, 3.8) is 0 Å². The first kappa shape index (κ1) is 10.4. The molecule has 0 amide bonds. The van der Waals surface area contributed by atoms with E-state index in [-0.39, 0.29) is 0 Å². The molecule has 0 unspecified atom stereocenters. The van der Waals surface area contributed by atoms with Gasteiger partial charge in [-0.25, -0.2) is 0 Å². The zero-order valence-electron chi connectivity index (χ0n) is 9.70. The van der Waals surface area contributed by atoms with Crippen LogP contribution in [-0.4, -0.2) is 6.54 Å². The van der Waals surface area contributed by atoms with Crippen molar-refractivity contribution in [2.24, 2.45) is 0 Å². The van der Waals surface area contributed by atoms with Crippen LogP contribution < -0.4 is 10.6 Å². The number of anilines is 1. The fourth-order valence-corrected chi connectivity index (χ4v) is 2.29. The molecule has 1 aromatic carbocycles. The van der Waals surface area contributed by atoms with Gasteiger partial charge in [0.15, 0.2) is 0 Å². The summed E-state index contributed by atoms with van der Waals surface area (Å²) in [5.41, 5.74) is 4.09. The summed E-state index contributed by atoms with van der Waals surface area (Å²) in [5.74, 6) is 0.977. The van der Waals surface area contributed by atoms with Gasteiger partial charge in [-0.2, -0.15) is 0 Å². The maximum absolute atomic E-state index is 5.29. The minimum absolute atomic E-state index is 0.774. The predicted molar refractivity (Wildman–Crippen MR) is 67.9 cm³/mol. The predicted octanol–water partition coefficient (Wildman–Crippen LogP) is 2.54. The third-order valence-electron chi connectivity index (χ3n) is 3.13. The van der Waals surface area contributed by atoms with Gasteiger partial charge < -0.3 is 15.1 Å². The van der Waals surface area contributed by atoms with Gasteiger partial charge in [-0.3, -0.25) is 0 Å². The third-order valence-corrected chi connectivity index (χ3v) is 3.13. The summed E-state index contributed by atoms with van der Waals surface area (Å²) in [6.07, 6.45) is 2.85. The molecular formula is C14H16N2O. The lowest BCUT2D eigenvalue weighted by atomic mass is 10.1. The summed E-state index contributed by atoms with van der Waals surface area (Å²) < 4.78 is 5.29. The van der Waals surface area contributed by atoms with Gasteiger partial charge in [-0.15, -0.1) is 0 Å². The molecule has 17 heavy (non-hydrogen) atoms. The van der Waals surface area contributed by atoms with Crippen molar-refractivity contribution in [2.45, 2.75) is 19.5 Å². The van der Waals surface area contributed by atoms with E-state index in [4.69, 9.17) is 4.42 Å². The number of nitrogens with one attached hydrogen (secondary N) is 2. The van der Waals surface area contributed by atoms with Crippen molar-refractivity contribution in [3.05, 3.63) is 53.5 Å². The zero-order valence-corrected chi connectivity index (χ0v) is 9.70. The van der Waals surface area contributed by atoms with Gasteiger partial charge in [-0.1, -0.05) is 18.2 Å². The van der Waals surface area contributed by atoms with E-state index in [0.29, 0.717) is 0 Å². The summed E-state index contributed by atoms with van der Waals surface area (Å²) in [7, 11) is 0. The van der Waals surface area contributed by atoms with Gasteiger partial charge in [0, 0.05) is 18.8 Å². The first-order valence-corrected chi connectivity index (χ1v) is 6.01. The van der Waals surface area contributed by atoms with Gasteiger partial charge >= 0.3 is 0 Å². The molecule has 0 atom stereocenters. The summed E-state index contributed by atoms with van der Waals surface area (Å²) in [6, 6.07) is 10.4. The molecule has 1 aromatic heterocycles. The van der Waals surface area contributed by atoms with E-state index in [1.807, 2.05) is 12.1 Å². The third kappa shape index (κ3) is 2.19. The number of hydrogen-bond donors (Lipinski definition) is 2. The fourth-order valence-electron chi connectivity index (χ4n) is 2.29. The summed E-state index contributed by atoms with van der Waals surface area (Å²) in [4.78, 5) is 0. The minimum Gasteiger partial charge on any atom is -0.468 e. The molecule has 2 aromatic rings. The van der Waals surface area contributed by atoms with Gasteiger partial charge in [0.05, 0.1) is 12.8 Å². The Kier molecular flexibility index (Phi) is 2.84. The molecule has 0 saturated carbocycles. The van der Waals surface area contributed by atoms with Crippen molar-refractivity contribution in [2.75, 3.05) is 11.9 Å². The molecule has 2 heterocycles. The average Bonchev–Trinajstić information content (AvgIpc) is 2.99. The number of rotatable bonds is 4. The van der Waals surface area contributed by atoms with Crippen LogP contribution in [-0.2, 0) is 19.5 Å². The number of hydrogen-bond acceptors (Lipinski definition) is 3. The molecule has 2 N–H and O–H groups in total. The molecular weight excluding hydrogens is 212 g/mol. The normalized spacial score (nSPS) is 13.4. The van der Waals surface area contributed by atoms with Crippen LogP contribution in [0.15, 0.2) is 41.0 Å². The molecule has 3 rings (SSSR count). The molecule has 0 bridgehead atoms. The van der Waals surface area contributed by atoms with Crippen molar-refractivity contribution < 1.29 is 4.42 Å². The highest BCUT2D eigenvalue weighted by molar-refractivity contribution is 5.61. The van der Waals surface area contributed by atoms with Crippen molar-refractivity contribution in [3.8, 4) is 0 Å². The second-order valence-electron chi connectivity index (χ2n) is 4.31. The molecule has 0 spiro atoms. The topological polar surface area (TPSA) is 37.2 Å². The second-order valence-corrected chi connectivity index (χ2v) is 4.31. The van der Waals surface area contributed by atoms with E-state index in [2.05, 4.69) is 28.8 Å². The smallest absolute Gasteiger partial charge is 0.117 e. The van der Waals surface area contributed by atoms with Gasteiger partial charge in [-0.05, 0) is 29.7 Å². The summed E-state index contributed by atoms with van der Waals surface area (Å²) in [5, 5.41) is 6.85. The van der Waals surface area contributed by atoms with Crippen molar-refractivity contribution >= 4 is 5.69 Å². The molecule has 0 saturated heterocycles. The fraction of sp³-hybridized carbons (Fsp3) is 0.286. The Bertz CT molecular complexity index is 491. The lowest BCUT2D eigenvalue weighted by molar-refractivity contribution is 0.483. The summed E-state index contributed by atoms with van der Waals surface area (Å²) in [6.45, 7) is 2.71. The molecule has 1 aliphatic heterocycles. The lowest BCUT2D eigenvalue weighted by Gasteiger charge is -2.09. The molecule has 0 fully saturated rings. The Morgan fingerprint density at radius 2 is 2.18 bits per heavy atom. The lowest BCUT2D eigenvalue weighted by Crippen LogP contribution is -2.13. The van der Waals surface area contributed by atoms with Crippen molar-refractivity contribution in [1.82, 2.24) is 5.32 Å². The molecule has 88 valence electrons. The number of para-hydroxylation sites is 1.